The summed E-state index contributed by atoms with van der Waals surface area (Å²) in [7, 11) is 0. The predicted octanol–water partition coefficient (Wildman–Crippen LogP) is 3.17. The Morgan fingerprint density at radius 3 is 3.07 bits per heavy atom. The molecule has 2 rings (SSSR count). The number of rotatable bonds is 0. The van der Waals surface area contributed by atoms with Crippen molar-refractivity contribution in [2.75, 3.05) is 0 Å². The molecule has 0 fully saturated rings. The molecule has 0 aliphatic heterocycles. The van der Waals surface area contributed by atoms with E-state index in [9.17, 15) is 0 Å². The van der Waals surface area contributed by atoms with Crippen LogP contribution in [0.2, 0.25) is 0 Å². The molecule has 1 aromatic carbocycles. The minimum absolute atomic E-state index is 0.293. The molecule has 14 heavy (non-hydrogen) atoms. The lowest BCUT2D eigenvalue weighted by Crippen LogP contribution is -1.72. The van der Waals surface area contributed by atoms with Gasteiger partial charge in [0.1, 0.15) is 0 Å². The summed E-state index contributed by atoms with van der Waals surface area (Å²) in [5.41, 5.74) is 0.978. The molecular weight excluding hydrogens is 190 g/mol. The average molecular weight is 197 g/mol. The van der Waals surface area contributed by atoms with Gasteiger partial charge in [0.15, 0.2) is 0 Å². The minimum Gasteiger partial charge on any atom is -0.197 e. The van der Waals surface area contributed by atoms with Crippen LogP contribution in [-0.2, 0) is 0 Å². The lowest BCUT2D eigenvalue weighted by atomic mass is 10.2. The standard InChI is InChI=1S/C12H7NS/c13-7-2-1-3-10-4-5-12-11(9-10)6-8-14-12/h4-6,8-9H,2H2. The van der Waals surface area contributed by atoms with E-state index in [1.165, 1.54) is 10.1 Å². The Kier molecular flexibility index (Phi) is 2.49. The number of benzene rings is 1. The van der Waals surface area contributed by atoms with Gasteiger partial charge < -0.3 is 0 Å². The molecule has 2 aromatic rings. The van der Waals surface area contributed by atoms with E-state index in [2.05, 4.69) is 35.4 Å². The van der Waals surface area contributed by atoms with E-state index in [1.54, 1.807) is 11.3 Å². The van der Waals surface area contributed by atoms with Crippen LogP contribution >= 0.6 is 11.3 Å². The Balaban J connectivity index is 2.37. The van der Waals surface area contributed by atoms with Crippen molar-refractivity contribution >= 4 is 21.4 Å². The Hall–Kier alpha value is -1.77. The first-order valence-corrected chi connectivity index (χ1v) is 5.11. The summed E-state index contributed by atoms with van der Waals surface area (Å²) in [6.45, 7) is 0. The highest BCUT2D eigenvalue weighted by atomic mass is 32.1. The van der Waals surface area contributed by atoms with Gasteiger partial charge >= 0.3 is 0 Å². The third-order valence-electron chi connectivity index (χ3n) is 1.85. The molecule has 66 valence electrons. The first-order chi connectivity index (χ1) is 6.90. The zero-order chi connectivity index (χ0) is 9.80. The minimum atomic E-state index is 0.293. The van der Waals surface area contributed by atoms with Crippen LogP contribution in [0.1, 0.15) is 12.0 Å². The number of fused-ring (bicyclic) bond motifs is 1. The molecule has 1 aromatic heterocycles. The lowest BCUT2D eigenvalue weighted by Gasteiger charge is -1.90. The number of thiophene rings is 1. The molecule has 0 bridgehead atoms. The predicted molar refractivity (Wildman–Crippen MR) is 58.9 cm³/mol. The molecule has 0 aliphatic carbocycles. The molecule has 0 N–H and O–H groups in total. The second-order valence-corrected chi connectivity index (χ2v) is 3.76. The van der Waals surface area contributed by atoms with E-state index in [0.717, 1.165) is 5.56 Å². The van der Waals surface area contributed by atoms with Gasteiger partial charge in [0.25, 0.3) is 0 Å². The van der Waals surface area contributed by atoms with Gasteiger partial charge in [-0.2, -0.15) is 5.26 Å². The van der Waals surface area contributed by atoms with Gasteiger partial charge in [0, 0.05) is 10.3 Å². The molecule has 0 radical (unpaired) electrons. The molecular formula is C12H7NS. The van der Waals surface area contributed by atoms with Crippen molar-refractivity contribution in [2.45, 2.75) is 6.42 Å². The van der Waals surface area contributed by atoms with E-state index in [1.807, 2.05) is 12.1 Å². The fourth-order valence-corrected chi connectivity index (χ4v) is 2.00. The van der Waals surface area contributed by atoms with Gasteiger partial charge in [-0.15, -0.1) is 11.3 Å². The largest absolute Gasteiger partial charge is 0.197 e. The molecule has 0 saturated heterocycles. The summed E-state index contributed by atoms with van der Waals surface area (Å²) in [5.74, 6) is 5.76. The van der Waals surface area contributed by atoms with Crippen LogP contribution < -0.4 is 0 Å². The Labute approximate surface area is 86.6 Å². The summed E-state index contributed by atoms with van der Waals surface area (Å²) in [5, 5.41) is 11.6. The molecule has 0 spiro atoms. The van der Waals surface area contributed by atoms with Gasteiger partial charge in [-0.05, 0) is 35.0 Å². The van der Waals surface area contributed by atoms with Crippen molar-refractivity contribution in [2.24, 2.45) is 0 Å². The first kappa shape index (κ1) is 8.81. The van der Waals surface area contributed by atoms with Crippen molar-refractivity contribution in [3.63, 3.8) is 0 Å². The van der Waals surface area contributed by atoms with Gasteiger partial charge in [0.2, 0.25) is 0 Å². The molecule has 0 amide bonds. The fraction of sp³-hybridized carbons (Fsp3) is 0.0833. The van der Waals surface area contributed by atoms with Crippen LogP contribution in [0, 0.1) is 23.2 Å². The van der Waals surface area contributed by atoms with Crippen molar-refractivity contribution in [1.29, 1.82) is 5.26 Å². The Morgan fingerprint density at radius 2 is 2.21 bits per heavy atom. The van der Waals surface area contributed by atoms with Gasteiger partial charge in [-0.1, -0.05) is 11.8 Å². The van der Waals surface area contributed by atoms with E-state index in [0.29, 0.717) is 6.42 Å². The number of nitriles is 1. The van der Waals surface area contributed by atoms with E-state index >= 15 is 0 Å². The van der Waals surface area contributed by atoms with Gasteiger partial charge in [-0.3, -0.25) is 0 Å². The topological polar surface area (TPSA) is 23.8 Å². The lowest BCUT2D eigenvalue weighted by molar-refractivity contribution is 1.40. The Bertz CT molecular complexity index is 549. The maximum absolute atomic E-state index is 8.33. The van der Waals surface area contributed by atoms with Crippen LogP contribution in [0.25, 0.3) is 10.1 Å². The second kappa shape index (κ2) is 3.96. The van der Waals surface area contributed by atoms with E-state index in [4.69, 9.17) is 5.26 Å². The molecule has 0 aliphatic rings. The van der Waals surface area contributed by atoms with Crippen LogP contribution in [0.4, 0.5) is 0 Å². The van der Waals surface area contributed by atoms with E-state index < -0.39 is 0 Å². The third kappa shape index (κ3) is 1.76. The highest BCUT2D eigenvalue weighted by Gasteiger charge is 1.94. The van der Waals surface area contributed by atoms with Crippen LogP contribution in [0.3, 0.4) is 0 Å². The molecule has 1 nitrogen and oxygen atoms in total. The summed E-state index contributed by atoms with van der Waals surface area (Å²) in [6.07, 6.45) is 0.293. The second-order valence-electron chi connectivity index (χ2n) is 2.81. The third-order valence-corrected chi connectivity index (χ3v) is 2.75. The summed E-state index contributed by atoms with van der Waals surface area (Å²) in [4.78, 5) is 0. The molecule has 0 saturated carbocycles. The van der Waals surface area contributed by atoms with E-state index in [-0.39, 0.29) is 0 Å². The zero-order valence-corrected chi connectivity index (χ0v) is 8.27. The summed E-state index contributed by atoms with van der Waals surface area (Å²) in [6, 6.07) is 10.2. The summed E-state index contributed by atoms with van der Waals surface area (Å²) >= 11 is 1.72. The monoisotopic (exact) mass is 197 g/mol. The molecule has 2 heteroatoms. The van der Waals surface area contributed by atoms with Crippen molar-refractivity contribution in [3.8, 4) is 17.9 Å². The summed E-state index contributed by atoms with van der Waals surface area (Å²) < 4.78 is 1.27. The fourth-order valence-electron chi connectivity index (χ4n) is 1.23. The van der Waals surface area contributed by atoms with Crippen LogP contribution in [-0.4, -0.2) is 0 Å². The smallest absolute Gasteiger partial charge is 0.0966 e. The maximum atomic E-state index is 8.33. The highest BCUT2D eigenvalue weighted by molar-refractivity contribution is 7.17. The average Bonchev–Trinajstić information content (AvgIpc) is 2.65. The molecule has 0 atom stereocenters. The van der Waals surface area contributed by atoms with Crippen molar-refractivity contribution in [3.05, 3.63) is 35.2 Å². The Morgan fingerprint density at radius 1 is 1.29 bits per heavy atom. The van der Waals surface area contributed by atoms with Gasteiger partial charge in [-0.25, -0.2) is 0 Å². The van der Waals surface area contributed by atoms with Crippen LogP contribution in [0.5, 0.6) is 0 Å². The van der Waals surface area contributed by atoms with Crippen molar-refractivity contribution < 1.29 is 0 Å². The zero-order valence-electron chi connectivity index (χ0n) is 7.45. The van der Waals surface area contributed by atoms with Gasteiger partial charge in [0.05, 0.1) is 12.5 Å². The molecule has 0 unspecified atom stereocenters. The first-order valence-electron chi connectivity index (χ1n) is 4.23. The quantitative estimate of drug-likeness (QED) is 0.595. The normalized spacial score (nSPS) is 9.07. The van der Waals surface area contributed by atoms with Crippen molar-refractivity contribution in [1.82, 2.24) is 0 Å². The van der Waals surface area contributed by atoms with Crippen LogP contribution in [0.15, 0.2) is 29.6 Å². The highest BCUT2D eigenvalue weighted by Crippen LogP contribution is 2.21. The maximum Gasteiger partial charge on any atom is 0.0966 e. The number of hydrogen-bond acceptors (Lipinski definition) is 2. The molecule has 1 heterocycles. The SMILES string of the molecule is N#CCC#Cc1ccc2sccc2c1. The number of nitrogens with zero attached hydrogens (tertiary/aromatic N) is 1. The number of hydrogen-bond donors (Lipinski definition) is 0.